The summed E-state index contributed by atoms with van der Waals surface area (Å²) in [5.74, 6) is -3.55. The maximum absolute atomic E-state index is 11.8. The van der Waals surface area contributed by atoms with E-state index in [0.29, 0.717) is 12.8 Å². The number of carbonyl (C=O) groups excluding carboxylic acids is 1. The number of benzene rings is 1. The number of hydrogen-bond donors (Lipinski definition) is 2. The van der Waals surface area contributed by atoms with E-state index in [9.17, 15) is 14.4 Å². The SMILES string of the molecule is O=C(c1ccc(CCCC(C(=O)O)C(=O)O)cc1)C1CC1. The van der Waals surface area contributed by atoms with Crippen LogP contribution in [0.1, 0.15) is 41.6 Å². The second kappa shape index (κ2) is 6.52. The van der Waals surface area contributed by atoms with Crippen LogP contribution in [0.3, 0.4) is 0 Å². The molecule has 0 amide bonds. The Morgan fingerprint density at radius 1 is 1.05 bits per heavy atom. The quantitative estimate of drug-likeness (QED) is 0.566. The Morgan fingerprint density at radius 2 is 1.62 bits per heavy atom. The summed E-state index contributed by atoms with van der Waals surface area (Å²) < 4.78 is 0. The fourth-order valence-corrected chi connectivity index (χ4v) is 2.28. The first-order chi connectivity index (χ1) is 9.99. The molecule has 21 heavy (non-hydrogen) atoms. The highest BCUT2D eigenvalue weighted by Gasteiger charge is 2.30. The maximum Gasteiger partial charge on any atom is 0.317 e. The molecule has 1 aromatic carbocycles. The number of ketones is 1. The smallest absolute Gasteiger partial charge is 0.317 e. The molecule has 2 rings (SSSR count). The van der Waals surface area contributed by atoms with Crippen molar-refractivity contribution in [2.24, 2.45) is 11.8 Å². The first kappa shape index (κ1) is 15.2. The minimum atomic E-state index is -1.35. The summed E-state index contributed by atoms with van der Waals surface area (Å²) in [5, 5.41) is 17.6. The van der Waals surface area contributed by atoms with Gasteiger partial charge in [-0.3, -0.25) is 14.4 Å². The Labute approximate surface area is 122 Å². The van der Waals surface area contributed by atoms with Crippen molar-refractivity contribution < 1.29 is 24.6 Å². The summed E-state index contributed by atoms with van der Waals surface area (Å²) in [6.45, 7) is 0. The van der Waals surface area contributed by atoms with Gasteiger partial charge in [-0.25, -0.2) is 0 Å². The van der Waals surface area contributed by atoms with Crippen LogP contribution in [0.2, 0.25) is 0 Å². The predicted octanol–water partition coefficient (Wildman–Crippen LogP) is 2.39. The van der Waals surface area contributed by atoms with Crippen molar-refractivity contribution in [2.45, 2.75) is 32.1 Å². The van der Waals surface area contributed by atoms with E-state index in [2.05, 4.69) is 0 Å². The lowest BCUT2D eigenvalue weighted by Gasteiger charge is -2.07. The largest absolute Gasteiger partial charge is 0.481 e. The van der Waals surface area contributed by atoms with Crippen LogP contribution in [0.15, 0.2) is 24.3 Å². The fourth-order valence-electron chi connectivity index (χ4n) is 2.28. The van der Waals surface area contributed by atoms with Crippen LogP contribution < -0.4 is 0 Å². The number of aryl methyl sites for hydroxylation is 1. The molecule has 0 atom stereocenters. The van der Waals surface area contributed by atoms with Gasteiger partial charge in [0.05, 0.1) is 0 Å². The molecule has 112 valence electrons. The van der Waals surface area contributed by atoms with Crippen LogP contribution in [0, 0.1) is 11.8 Å². The first-order valence-electron chi connectivity index (χ1n) is 7.08. The maximum atomic E-state index is 11.8. The van der Waals surface area contributed by atoms with Crippen LogP contribution in [0.4, 0.5) is 0 Å². The Kier molecular flexibility index (Phi) is 4.73. The number of carboxylic acids is 2. The Balaban J connectivity index is 1.84. The van der Waals surface area contributed by atoms with Gasteiger partial charge in [-0.15, -0.1) is 0 Å². The fraction of sp³-hybridized carbons (Fsp3) is 0.438. The summed E-state index contributed by atoms with van der Waals surface area (Å²) >= 11 is 0. The van der Waals surface area contributed by atoms with Crippen LogP contribution >= 0.6 is 0 Å². The first-order valence-corrected chi connectivity index (χ1v) is 7.08. The highest BCUT2D eigenvalue weighted by Crippen LogP contribution is 2.32. The molecule has 0 spiro atoms. The summed E-state index contributed by atoms with van der Waals surface area (Å²) in [6.07, 6.45) is 3.15. The van der Waals surface area contributed by atoms with Gasteiger partial charge in [0.25, 0.3) is 0 Å². The van der Waals surface area contributed by atoms with E-state index in [1.807, 2.05) is 12.1 Å². The van der Waals surface area contributed by atoms with Crippen LogP contribution in [-0.2, 0) is 16.0 Å². The number of rotatable bonds is 8. The molecule has 5 nitrogen and oxygen atoms in total. The van der Waals surface area contributed by atoms with Gasteiger partial charge in [-0.05, 0) is 37.7 Å². The minimum absolute atomic E-state index is 0.105. The van der Waals surface area contributed by atoms with E-state index in [4.69, 9.17) is 10.2 Å². The predicted molar refractivity (Wildman–Crippen MR) is 75.2 cm³/mol. The molecule has 0 unspecified atom stereocenters. The van der Waals surface area contributed by atoms with Gasteiger partial charge in [0, 0.05) is 11.5 Å². The Bertz CT molecular complexity index is 528. The van der Waals surface area contributed by atoms with Crippen molar-refractivity contribution in [3.05, 3.63) is 35.4 Å². The van der Waals surface area contributed by atoms with Crippen LogP contribution in [0.25, 0.3) is 0 Å². The van der Waals surface area contributed by atoms with E-state index >= 15 is 0 Å². The molecule has 1 aliphatic carbocycles. The van der Waals surface area contributed by atoms with Crippen LogP contribution in [-0.4, -0.2) is 27.9 Å². The molecule has 1 aliphatic rings. The minimum Gasteiger partial charge on any atom is -0.481 e. The highest BCUT2D eigenvalue weighted by molar-refractivity contribution is 5.99. The third kappa shape index (κ3) is 4.15. The molecule has 2 N–H and O–H groups in total. The van der Waals surface area contributed by atoms with E-state index in [1.54, 1.807) is 12.1 Å². The number of hydrogen-bond acceptors (Lipinski definition) is 3. The molecule has 0 saturated heterocycles. The molecule has 0 aliphatic heterocycles. The zero-order valence-electron chi connectivity index (χ0n) is 11.6. The molecule has 0 bridgehead atoms. The third-order valence-electron chi connectivity index (χ3n) is 3.74. The summed E-state index contributed by atoms with van der Waals surface area (Å²) in [6, 6.07) is 7.29. The lowest BCUT2D eigenvalue weighted by atomic mass is 9.98. The second-order valence-corrected chi connectivity index (χ2v) is 5.46. The topological polar surface area (TPSA) is 91.7 Å². The van der Waals surface area contributed by atoms with Crippen LogP contribution in [0.5, 0.6) is 0 Å². The zero-order valence-corrected chi connectivity index (χ0v) is 11.6. The normalized spacial score (nSPS) is 14.1. The third-order valence-corrected chi connectivity index (χ3v) is 3.74. The van der Waals surface area contributed by atoms with Crippen molar-refractivity contribution in [3.8, 4) is 0 Å². The average Bonchev–Trinajstić information content (AvgIpc) is 3.27. The number of aliphatic carboxylic acids is 2. The summed E-state index contributed by atoms with van der Waals surface area (Å²) in [7, 11) is 0. The lowest BCUT2D eigenvalue weighted by Crippen LogP contribution is -2.23. The van der Waals surface area contributed by atoms with E-state index in [-0.39, 0.29) is 18.1 Å². The summed E-state index contributed by atoms with van der Waals surface area (Å²) in [4.78, 5) is 33.3. The van der Waals surface area contributed by atoms with Crippen molar-refractivity contribution in [1.82, 2.24) is 0 Å². The van der Waals surface area contributed by atoms with E-state index in [1.165, 1.54) is 0 Å². The van der Waals surface area contributed by atoms with Gasteiger partial charge in [0.2, 0.25) is 0 Å². The number of Topliss-reactive ketones (excluding diaryl/α,β-unsaturated/α-hetero) is 1. The molecule has 0 heterocycles. The van der Waals surface area contributed by atoms with E-state index < -0.39 is 17.9 Å². The van der Waals surface area contributed by atoms with Crippen molar-refractivity contribution >= 4 is 17.7 Å². The Morgan fingerprint density at radius 3 is 2.10 bits per heavy atom. The molecular weight excluding hydrogens is 272 g/mol. The zero-order chi connectivity index (χ0) is 15.4. The molecule has 0 radical (unpaired) electrons. The molecular formula is C16H18O5. The van der Waals surface area contributed by atoms with Gasteiger partial charge >= 0.3 is 11.9 Å². The summed E-state index contributed by atoms with van der Waals surface area (Å²) in [5.41, 5.74) is 1.70. The molecule has 1 saturated carbocycles. The van der Waals surface area contributed by atoms with Gasteiger partial charge in [-0.1, -0.05) is 24.3 Å². The van der Waals surface area contributed by atoms with Crippen molar-refractivity contribution in [1.29, 1.82) is 0 Å². The van der Waals surface area contributed by atoms with Gasteiger partial charge in [-0.2, -0.15) is 0 Å². The molecule has 1 fully saturated rings. The lowest BCUT2D eigenvalue weighted by molar-refractivity contribution is -0.154. The monoisotopic (exact) mass is 290 g/mol. The van der Waals surface area contributed by atoms with Gasteiger partial charge in [0.15, 0.2) is 11.7 Å². The van der Waals surface area contributed by atoms with Crippen molar-refractivity contribution in [2.75, 3.05) is 0 Å². The molecule has 1 aromatic rings. The standard InChI is InChI=1S/C16H18O5/c17-14(12-8-9-12)11-6-4-10(5-7-11)2-1-3-13(15(18)19)16(20)21/h4-7,12-13H,1-3,8-9H2,(H,18,19)(H,20,21). The Hall–Kier alpha value is -2.17. The number of carboxylic acid groups (broad SMARTS) is 2. The van der Waals surface area contributed by atoms with Gasteiger partial charge < -0.3 is 10.2 Å². The second-order valence-electron chi connectivity index (χ2n) is 5.46. The average molecular weight is 290 g/mol. The molecule has 0 aromatic heterocycles. The number of carbonyl (C=O) groups is 3. The van der Waals surface area contributed by atoms with Gasteiger partial charge in [0.1, 0.15) is 0 Å². The van der Waals surface area contributed by atoms with Crippen molar-refractivity contribution in [3.63, 3.8) is 0 Å². The highest BCUT2D eigenvalue weighted by atomic mass is 16.4. The van der Waals surface area contributed by atoms with E-state index in [0.717, 1.165) is 24.0 Å². The molecule has 5 heteroatoms.